The van der Waals surface area contributed by atoms with Gasteiger partial charge in [0, 0.05) is 30.4 Å². The highest BCUT2D eigenvalue weighted by atomic mass is 19.1. The first-order valence-electron chi connectivity index (χ1n) is 7.58. The van der Waals surface area contributed by atoms with Gasteiger partial charge in [-0.15, -0.1) is 0 Å². The van der Waals surface area contributed by atoms with Gasteiger partial charge in [-0.3, -0.25) is 10.1 Å². The third-order valence-corrected chi connectivity index (χ3v) is 4.23. The van der Waals surface area contributed by atoms with E-state index in [2.05, 4.69) is 10.2 Å². The summed E-state index contributed by atoms with van der Waals surface area (Å²) < 4.78 is 13.7. The third kappa shape index (κ3) is 3.50. The van der Waals surface area contributed by atoms with Crippen LogP contribution in [0.4, 0.5) is 15.8 Å². The lowest BCUT2D eigenvalue weighted by Gasteiger charge is -2.32. The van der Waals surface area contributed by atoms with Crippen LogP contribution in [0.25, 0.3) is 0 Å². The van der Waals surface area contributed by atoms with E-state index in [0.29, 0.717) is 17.8 Å². The van der Waals surface area contributed by atoms with Gasteiger partial charge in [0.05, 0.1) is 11.0 Å². The highest BCUT2D eigenvalue weighted by Crippen LogP contribution is 2.34. The lowest BCUT2D eigenvalue weighted by atomic mass is 10.0. The molecular formula is C15H20FN3O2. The molecule has 1 aliphatic heterocycles. The van der Waals surface area contributed by atoms with Crippen molar-refractivity contribution < 1.29 is 9.31 Å². The van der Waals surface area contributed by atoms with E-state index in [0.717, 1.165) is 38.4 Å². The first-order valence-corrected chi connectivity index (χ1v) is 7.58. The number of hydrogen-bond acceptors (Lipinski definition) is 4. The Morgan fingerprint density at radius 3 is 2.71 bits per heavy atom. The second-order valence-corrected chi connectivity index (χ2v) is 5.96. The van der Waals surface area contributed by atoms with Crippen LogP contribution in [0.1, 0.15) is 32.1 Å². The number of nitrogens with zero attached hydrogens (tertiary/aromatic N) is 2. The van der Waals surface area contributed by atoms with Gasteiger partial charge in [0.15, 0.2) is 0 Å². The highest BCUT2D eigenvalue weighted by Gasteiger charge is 2.32. The zero-order valence-electron chi connectivity index (χ0n) is 11.9. The summed E-state index contributed by atoms with van der Waals surface area (Å²) >= 11 is 0. The van der Waals surface area contributed by atoms with Gasteiger partial charge in [0.1, 0.15) is 5.82 Å². The number of nitrogens with one attached hydrogen (secondary N) is 1. The summed E-state index contributed by atoms with van der Waals surface area (Å²) in [7, 11) is 0. The number of rotatable bonds is 5. The number of nitro benzene ring substituents is 1. The number of piperidine rings is 1. The molecule has 3 rings (SSSR count). The van der Waals surface area contributed by atoms with E-state index in [1.54, 1.807) is 0 Å². The fourth-order valence-corrected chi connectivity index (χ4v) is 3.00. The Morgan fingerprint density at radius 2 is 2.10 bits per heavy atom. The van der Waals surface area contributed by atoms with Crippen LogP contribution in [0.15, 0.2) is 18.2 Å². The maximum Gasteiger partial charge on any atom is 0.274 e. The van der Waals surface area contributed by atoms with Crippen LogP contribution in [0, 0.1) is 15.9 Å². The highest BCUT2D eigenvalue weighted by molar-refractivity contribution is 5.55. The molecule has 1 unspecified atom stereocenters. The van der Waals surface area contributed by atoms with Gasteiger partial charge in [0.2, 0.25) is 0 Å². The molecule has 1 aliphatic carbocycles. The van der Waals surface area contributed by atoms with Crippen LogP contribution in [-0.4, -0.2) is 30.1 Å². The van der Waals surface area contributed by atoms with Crippen molar-refractivity contribution in [2.75, 3.05) is 18.0 Å². The number of benzene rings is 1. The van der Waals surface area contributed by atoms with E-state index in [4.69, 9.17) is 0 Å². The standard InChI is InChI=1S/C15H20FN3O2/c16-11-7-14(9-15(8-11)19(20)21)18(13-4-5-13)10-12-3-1-2-6-17-12/h7-9,12-13,17H,1-6,10H2. The fraction of sp³-hybridized carbons (Fsp3) is 0.600. The molecule has 1 aromatic carbocycles. The molecule has 0 bridgehead atoms. The van der Waals surface area contributed by atoms with E-state index in [1.165, 1.54) is 25.0 Å². The Bertz CT molecular complexity index is 528. The molecule has 1 heterocycles. The zero-order chi connectivity index (χ0) is 14.8. The second kappa shape index (κ2) is 5.97. The minimum absolute atomic E-state index is 0.174. The monoisotopic (exact) mass is 293 g/mol. The average molecular weight is 293 g/mol. The summed E-state index contributed by atoms with van der Waals surface area (Å²) in [5, 5.41) is 14.4. The molecule has 0 radical (unpaired) electrons. The van der Waals surface area contributed by atoms with Gasteiger partial charge < -0.3 is 10.2 Å². The number of anilines is 1. The van der Waals surface area contributed by atoms with E-state index in [-0.39, 0.29) is 5.69 Å². The van der Waals surface area contributed by atoms with Crippen LogP contribution in [0.3, 0.4) is 0 Å². The van der Waals surface area contributed by atoms with Gasteiger partial charge in [-0.05, 0) is 38.3 Å². The SMILES string of the molecule is O=[N+]([O-])c1cc(F)cc(N(CC2CCCCN2)C2CC2)c1. The summed E-state index contributed by atoms with van der Waals surface area (Å²) in [5.74, 6) is -0.540. The maximum absolute atomic E-state index is 13.7. The molecule has 1 aromatic rings. The van der Waals surface area contributed by atoms with Crippen molar-refractivity contribution in [2.45, 2.75) is 44.2 Å². The first kappa shape index (κ1) is 14.3. The van der Waals surface area contributed by atoms with Crippen molar-refractivity contribution in [3.8, 4) is 0 Å². The second-order valence-electron chi connectivity index (χ2n) is 5.96. The van der Waals surface area contributed by atoms with Gasteiger partial charge in [-0.1, -0.05) is 6.42 Å². The molecule has 2 aliphatic rings. The minimum Gasteiger partial charge on any atom is -0.367 e. The predicted octanol–water partition coefficient (Wildman–Crippen LogP) is 2.84. The Morgan fingerprint density at radius 1 is 1.29 bits per heavy atom. The predicted molar refractivity (Wildman–Crippen MR) is 79.1 cm³/mol. The van der Waals surface area contributed by atoms with Crippen molar-refractivity contribution in [2.24, 2.45) is 0 Å². The zero-order valence-corrected chi connectivity index (χ0v) is 11.9. The van der Waals surface area contributed by atoms with Crippen LogP contribution in [-0.2, 0) is 0 Å². The number of nitro groups is 1. The number of halogens is 1. The largest absolute Gasteiger partial charge is 0.367 e. The van der Waals surface area contributed by atoms with Crippen molar-refractivity contribution in [1.82, 2.24) is 5.32 Å². The Kier molecular flexibility index (Phi) is 4.05. The van der Waals surface area contributed by atoms with Crippen molar-refractivity contribution in [3.05, 3.63) is 34.1 Å². The van der Waals surface area contributed by atoms with E-state index in [1.807, 2.05) is 0 Å². The third-order valence-electron chi connectivity index (χ3n) is 4.23. The van der Waals surface area contributed by atoms with Crippen LogP contribution in [0.2, 0.25) is 0 Å². The van der Waals surface area contributed by atoms with Crippen molar-refractivity contribution in [1.29, 1.82) is 0 Å². The van der Waals surface area contributed by atoms with Gasteiger partial charge in [-0.2, -0.15) is 0 Å². The summed E-state index contributed by atoms with van der Waals surface area (Å²) in [4.78, 5) is 12.5. The topological polar surface area (TPSA) is 58.4 Å². The van der Waals surface area contributed by atoms with Gasteiger partial charge >= 0.3 is 0 Å². The molecule has 2 fully saturated rings. The Hall–Kier alpha value is -1.69. The van der Waals surface area contributed by atoms with Gasteiger partial charge in [-0.25, -0.2) is 4.39 Å². The molecular weight excluding hydrogens is 273 g/mol. The molecule has 5 nitrogen and oxygen atoms in total. The summed E-state index contributed by atoms with van der Waals surface area (Å²) in [6, 6.07) is 4.67. The fourth-order valence-electron chi connectivity index (χ4n) is 3.00. The molecule has 0 spiro atoms. The molecule has 114 valence electrons. The van der Waals surface area contributed by atoms with Crippen molar-refractivity contribution >= 4 is 11.4 Å². The maximum atomic E-state index is 13.7. The van der Waals surface area contributed by atoms with Crippen LogP contribution < -0.4 is 10.2 Å². The number of hydrogen-bond donors (Lipinski definition) is 1. The van der Waals surface area contributed by atoms with E-state index in [9.17, 15) is 14.5 Å². The van der Waals surface area contributed by atoms with Crippen LogP contribution in [0.5, 0.6) is 0 Å². The normalized spacial score (nSPS) is 22.0. The minimum atomic E-state index is -0.540. The molecule has 0 amide bonds. The first-order chi connectivity index (χ1) is 10.1. The number of non-ortho nitro benzene ring substituents is 1. The Labute approximate surface area is 123 Å². The molecule has 21 heavy (non-hydrogen) atoms. The molecule has 1 atom stereocenters. The summed E-state index contributed by atoms with van der Waals surface area (Å²) in [6.07, 6.45) is 5.68. The summed E-state index contributed by atoms with van der Waals surface area (Å²) in [6.45, 7) is 1.82. The molecule has 1 saturated carbocycles. The van der Waals surface area contributed by atoms with Crippen LogP contribution >= 0.6 is 0 Å². The molecule has 1 N–H and O–H groups in total. The quantitative estimate of drug-likeness (QED) is 0.670. The molecule has 6 heteroatoms. The summed E-state index contributed by atoms with van der Waals surface area (Å²) in [5.41, 5.74) is 0.462. The Balaban J connectivity index is 1.81. The van der Waals surface area contributed by atoms with E-state index >= 15 is 0 Å². The lowest BCUT2D eigenvalue weighted by molar-refractivity contribution is -0.385. The molecule has 0 aromatic heterocycles. The molecule has 1 saturated heterocycles. The lowest BCUT2D eigenvalue weighted by Crippen LogP contribution is -2.44. The van der Waals surface area contributed by atoms with Gasteiger partial charge in [0.25, 0.3) is 5.69 Å². The smallest absolute Gasteiger partial charge is 0.274 e. The average Bonchev–Trinajstić information content (AvgIpc) is 3.29. The van der Waals surface area contributed by atoms with E-state index < -0.39 is 10.7 Å². The van der Waals surface area contributed by atoms with Crippen molar-refractivity contribution in [3.63, 3.8) is 0 Å².